The van der Waals surface area contributed by atoms with Gasteiger partial charge in [0.1, 0.15) is 4.91 Å². The highest BCUT2D eigenvalue weighted by Gasteiger charge is 2.25. The molecule has 0 aromatic rings. The third-order valence-corrected chi connectivity index (χ3v) is 3.69. The molecule has 14 heavy (non-hydrogen) atoms. The molecule has 1 aliphatic rings. The highest BCUT2D eigenvalue weighted by Crippen LogP contribution is 2.21. The maximum Gasteiger partial charge on any atom is 0.293 e. The molecule has 1 atom stereocenters. The molecule has 0 spiro atoms. The molecule has 74 valence electrons. The van der Waals surface area contributed by atoms with Crippen LogP contribution in [-0.2, 0) is 14.8 Å². The third kappa shape index (κ3) is 2.04. The molecule has 0 saturated heterocycles. The highest BCUT2D eigenvalue weighted by atomic mass is 32.2. The van der Waals surface area contributed by atoms with Gasteiger partial charge in [-0.05, 0) is 6.08 Å². The predicted molar refractivity (Wildman–Crippen MR) is 56.0 cm³/mol. The van der Waals surface area contributed by atoms with Crippen LogP contribution in [0.5, 0.6) is 0 Å². The summed E-state index contributed by atoms with van der Waals surface area (Å²) in [6.07, 6.45) is 5.68. The van der Waals surface area contributed by atoms with Gasteiger partial charge in [0.15, 0.2) is 0 Å². The minimum atomic E-state index is -3.95. The SMILES string of the molecule is CC1C=CC=C(S(=O)(=O)N=C=O)C1=S. The van der Waals surface area contributed by atoms with Gasteiger partial charge in [-0.2, -0.15) is 8.42 Å². The van der Waals surface area contributed by atoms with E-state index in [2.05, 4.69) is 4.40 Å². The van der Waals surface area contributed by atoms with Gasteiger partial charge in [0.05, 0.1) is 0 Å². The molecular formula is C8H7NO3S2. The fourth-order valence-corrected chi connectivity index (χ4v) is 2.36. The van der Waals surface area contributed by atoms with Crippen molar-refractivity contribution in [3.05, 3.63) is 23.1 Å². The van der Waals surface area contributed by atoms with Gasteiger partial charge >= 0.3 is 0 Å². The van der Waals surface area contributed by atoms with Crippen LogP contribution in [0.4, 0.5) is 0 Å². The van der Waals surface area contributed by atoms with E-state index in [-0.39, 0.29) is 15.7 Å². The van der Waals surface area contributed by atoms with Crippen LogP contribution >= 0.6 is 12.2 Å². The van der Waals surface area contributed by atoms with Crippen LogP contribution in [0.1, 0.15) is 6.92 Å². The van der Waals surface area contributed by atoms with Crippen molar-refractivity contribution in [1.29, 1.82) is 0 Å². The molecule has 0 fully saturated rings. The molecule has 0 aromatic heterocycles. The molecule has 0 aromatic carbocycles. The van der Waals surface area contributed by atoms with Crippen LogP contribution in [0.25, 0.3) is 0 Å². The van der Waals surface area contributed by atoms with Gasteiger partial charge in [0.25, 0.3) is 16.1 Å². The molecule has 0 saturated carbocycles. The maximum absolute atomic E-state index is 11.3. The standard InChI is InChI=1S/C8H7NO3S2/c1-6-3-2-4-7(8(6)13)14(11,12)9-5-10/h2-4,6H,1H3. The molecule has 0 amide bonds. The lowest BCUT2D eigenvalue weighted by Crippen LogP contribution is -2.17. The summed E-state index contributed by atoms with van der Waals surface area (Å²) in [6.45, 7) is 1.77. The molecule has 0 radical (unpaired) electrons. The number of hydrogen-bond donors (Lipinski definition) is 0. The zero-order chi connectivity index (χ0) is 10.8. The maximum atomic E-state index is 11.3. The van der Waals surface area contributed by atoms with Gasteiger partial charge in [-0.25, -0.2) is 4.79 Å². The van der Waals surface area contributed by atoms with Crippen molar-refractivity contribution in [3.63, 3.8) is 0 Å². The number of thiocarbonyl (C=S) groups is 1. The summed E-state index contributed by atoms with van der Waals surface area (Å²) in [7, 11) is -3.95. The van der Waals surface area contributed by atoms with Crippen molar-refractivity contribution in [2.45, 2.75) is 6.92 Å². The zero-order valence-electron chi connectivity index (χ0n) is 7.30. The van der Waals surface area contributed by atoms with Gasteiger partial charge in [-0.1, -0.05) is 35.7 Å². The van der Waals surface area contributed by atoms with Gasteiger partial charge < -0.3 is 0 Å². The molecule has 0 bridgehead atoms. The Labute approximate surface area is 87.1 Å². The van der Waals surface area contributed by atoms with Gasteiger partial charge in [0, 0.05) is 10.8 Å². The molecular weight excluding hydrogens is 222 g/mol. The summed E-state index contributed by atoms with van der Waals surface area (Å²) >= 11 is 4.92. The molecule has 1 unspecified atom stereocenters. The van der Waals surface area contributed by atoms with Crippen molar-refractivity contribution in [3.8, 4) is 0 Å². The normalized spacial score (nSPS) is 21.4. The molecule has 0 N–H and O–H groups in total. The second kappa shape index (κ2) is 3.96. The first-order chi connectivity index (χ1) is 6.49. The number of isocyanates is 1. The minimum Gasteiger partial charge on any atom is -0.210 e. The zero-order valence-corrected chi connectivity index (χ0v) is 8.93. The number of nitrogens with zero attached hydrogens (tertiary/aromatic N) is 1. The van der Waals surface area contributed by atoms with Crippen LogP contribution in [0.3, 0.4) is 0 Å². The number of hydrogen-bond acceptors (Lipinski definition) is 4. The van der Waals surface area contributed by atoms with Crippen LogP contribution in [0, 0.1) is 5.92 Å². The van der Waals surface area contributed by atoms with E-state index in [0.717, 1.165) is 6.08 Å². The minimum absolute atomic E-state index is 0.0918. The fourth-order valence-electron chi connectivity index (χ4n) is 1.01. The van der Waals surface area contributed by atoms with E-state index >= 15 is 0 Å². The Balaban J connectivity index is 3.24. The van der Waals surface area contributed by atoms with E-state index in [1.54, 1.807) is 19.1 Å². The summed E-state index contributed by atoms with van der Waals surface area (Å²) in [4.78, 5) is 10.1. The number of rotatable bonds is 2. The molecule has 0 aliphatic heterocycles. The average Bonchev–Trinajstić information content (AvgIpc) is 2.09. The average molecular weight is 229 g/mol. The van der Waals surface area contributed by atoms with Crippen molar-refractivity contribution in [1.82, 2.24) is 0 Å². The Morgan fingerprint density at radius 2 is 2.21 bits per heavy atom. The summed E-state index contributed by atoms with van der Waals surface area (Å²) < 4.78 is 25.4. The first-order valence-electron chi connectivity index (χ1n) is 3.76. The van der Waals surface area contributed by atoms with Crippen LogP contribution in [0.15, 0.2) is 27.5 Å². The monoisotopic (exact) mass is 229 g/mol. The lowest BCUT2D eigenvalue weighted by Gasteiger charge is -2.13. The molecule has 1 aliphatic carbocycles. The molecule has 1 rings (SSSR count). The van der Waals surface area contributed by atoms with E-state index in [1.807, 2.05) is 0 Å². The molecule has 4 nitrogen and oxygen atoms in total. The summed E-state index contributed by atoms with van der Waals surface area (Å²) in [5, 5.41) is 0. The number of sulfonamides is 1. The van der Waals surface area contributed by atoms with Crippen molar-refractivity contribution in [2.24, 2.45) is 10.3 Å². The Kier molecular flexibility index (Phi) is 3.10. The molecule has 6 heteroatoms. The Bertz CT molecular complexity index is 467. The van der Waals surface area contributed by atoms with Crippen molar-refractivity contribution < 1.29 is 13.2 Å². The predicted octanol–water partition coefficient (Wildman–Crippen LogP) is 1.11. The quantitative estimate of drug-likeness (QED) is 0.404. The summed E-state index contributed by atoms with van der Waals surface area (Å²) in [5.74, 6) is -0.137. The van der Waals surface area contributed by atoms with E-state index in [4.69, 9.17) is 12.2 Å². The van der Waals surface area contributed by atoms with Crippen LogP contribution in [0.2, 0.25) is 0 Å². The Morgan fingerprint density at radius 3 is 2.79 bits per heavy atom. The highest BCUT2D eigenvalue weighted by molar-refractivity contribution is 7.97. The van der Waals surface area contributed by atoms with Gasteiger partial charge in [-0.15, -0.1) is 0 Å². The first-order valence-corrected chi connectivity index (χ1v) is 5.60. The van der Waals surface area contributed by atoms with Crippen LogP contribution in [-0.4, -0.2) is 19.4 Å². The third-order valence-electron chi connectivity index (χ3n) is 1.74. The summed E-state index contributed by atoms with van der Waals surface area (Å²) in [6, 6.07) is 0. The van der Waals surface area contributed by atoms with E-state index in [1.165, 1.54) is 6.08 Å². The first kappa shape index (κ1) is 11.0. The van der Waals surface area contributed by atoms with E-state index < -0.39 is 10.0 Å². The fraction of sp³-hybridized carbons (Fsp3) is 0.250. The Hall–Kier alpha value is -1.10. The number of allylic oxidation sites excluding steroid dienone is 4. The van der Waals surface area contributed by atoms with E-state index in [9.17, 15) is 13.2 Å². The topological polar surface area (TPSA) is 63.6 Å². The largest absolute Gasteiger partial charge is 0.293 e. The van der Waals surface area contributed by atoms with E-state index in [0.29, 0.717) is 0 Å². The van der Waals surface area contributed by atoms with Crippen LogP contribution < -0.4 is 0 Å². The second-order valence-corrected chi connectivity index (χ2v) is 4.74. The lowest BCUT2D eigenvalue weighted by molar-refractivity contribution is 0.564. The lowest BCUT2D eigenvalue weighted by atomic mass is 10.0. The smallest absolute Gasteiger partial charge is 0.210 e. The molecule has 0 heterocycles. The Morgan fingerprint density at radius 1 is 1.57 bits per heavy atom. The van der Waals surface area contributed by atoms with Gasteiger partial charge in [-0.3, -0.25) is 0 Å². The van der Waals surface area contributed by atoms with Crippen molar-refractivity contribution in [2.75, 3.05) is 0 Å². The second-order valence-electron chi connectivity index (χ2n) is 2.73. The summed E-state index contributed by atoms with van der Waals surface area (Å²) in [5.41, 5.74) is 0. The number of carbonyl (C=O) groups excluding carboxylic acids is 1. The van der Waals surface area contributed by atoms with Gasteiger partial charge in [0.2, 0.25) is 0 Å². The van der Waals surface area contributed by atoms with Crippen molar-refractivity contribution >= 4 is 33.2 Å².